The molecule has 1 unspecified atom stereocenters. The molecule has 0 bridgehead atoms. The summed E-state index contributed by atoms with van der Waals surface area (Å²) in [4.78, 5) is 27.0. The third-order valence-electron chi connectivity index (χ3n) is 7.33. The van der Waals surface area contributed by atoms with E-state index in [0.717, 1.165) is 35.5 Å². The summed E-state index contributed by atoms with van der Waals surface area (Å²) < 4.78 is 44.8. The lowest BCUT2D eigenvalue weighted by molar-refractivity contribution is 0.105. The zero-order valence-electron chi connectivity index (χ0n) is 20.8. The Kier molecular flexibility index (Phi) is 6.29. The highest BCUT2D eigenvalue weighted by atomic mass is 32.2. The summed E-state index contributed by atoms with van der Waals surface area (Å²) in [5, 5.41) is 3.06. The zero-order valence-corrected chi connectivity index (χ0v) is 21.6. The molecule has 11 heteroatoms. The van der Waals surface area contributed by atoms with Crippen molar-refractivity contribution in [3.63, 3.8) is 0 Å². The van der Waals surface area contributed by atoms with Gasteiger partial charge in [0.1, 0.15) is 5.82 Å². The number of carbonyl (C=O) groups is 1. The van der Waals surface area contributed by atoms with Gasteiger partial charge in [0.15, 0.2) is 11.6 Å². The zero-order chi connectivity index (χ0) is 26.4. The molecule has 3 aliphatic rings. The molecule has 9 nitrogen and oxygen atoms in total. The van der Waals surface area contributed by atoms with Crippen LogP contribution in [-0.4, -0.2) is 59.6 Å². The van der Waals surface area contributed by atoms with Gasteiger partial charge in [-0.2, -0.15) is 12.7 Å². The number of ketones is 1. The minimum absolute atomic E-state index is 0.0416. The second kappa shape index (κ2) is 9.64. The number of nitrogens with one attached hydrogen (secondary N) is 2. The Labute approximate surface area is 220 Å². The van der Waals surface area contributed by atoms with Crippen LogP contribution in [0.15, 0.2) is 48.9 Å². The molecule has 0 spiro atoms. The maximum Gasteiger partial charge on any atom is 0.301 e. The van der Waals surface area contributed by atoms with Gasteiger partial charge >= 0.3 is 10.2 Å². The van der Waals surface area contributed by atoms with Crippen LogP contribution in [-0.2, 0) is 16.6 Å². The van der Waals surface area contributed by atoms with E-state index in [1.165, 1.54) is 22.5 Å². The third-order valence-corrected chi connectivity index (χ3v) is 8.82. The highest BCUT2D eigenvalue weighted by molar-refractivity contribution is 7.90. The lowest BCUT2D eigenvalue weighted by Gasteiger charge is -2.18. The van der Waals surface area contributed by atoms with E-state index in [2.05, 4.69) is 25.0 Å². The Morgan fingerprint density at radius 1 is 1.08 bits per heavy atom. The van der Waals surface area contributed by atoms with Gasteiger partial charge in [-0.3, -0.25) is 14.5 Å². The number of allylic oxidation sites excluding steroid dienone is 2. The summed E-state index contributed by atoms with van der Waals surface area (Å²) in [5.41, 5.74) is 2.76. The van der Waals surface area contributed by atoms with Gasteiger partial charge in [0.05, 0.1) is 16.9 Å². The number of hydrogen-bond acceptors (Lipinski definition) is 7. The first-order chi connectivity index (χ1) is 18.3. The maximum atomic E-state index is 15.5. The molecule has 3 aromatic rings. The van der Waals surface area contributed by atoms with Crippen molar-refractivity contribution in [1.29, 1.82) is 0 Å². The largest absolute Gasteiger partial charge is 0.316 e. The van der Waals surface area contributed by atoms with Crippen LogP contribution in [0, 0.1) is 5.82 Å². The molecule has 6 rings (SSSR count). The summed E-state index contributed by atoms with van der Waals surface area (Å²) in [7, 11) is -2.20. The van der Waals surface area contributed by atoms with E-state index in [9.17, 15) is 13.2 Å². The van der Waals surface area contributed by atoms with E-state index >= 15 is 4.39 Å². The van der Waals surface area contributed by atoms with E-state index in [4.69, 9.17) is 0 Å². The molecule has 1 aromatic carbocycles. The average Bonchev–Trinajstić information content (AvgIpc) is 3.49. The number of fused-ring (bicyclic) bond motifs is 1. The third kappa shape index (κ3) is 4.61. The second-order valence-corrected chi connectivity index (χ2v) is 11.6. The smallest absolute Gasteiger partial charge is 0.301 e. The molecular weight excluding hydrogens is 507 g/mol. The Hall–Kier alpha value is -3.54. The fraction of sp³-hybridized carbons (Fsp3) is 0.333. The van der Waals surface area contributed by atoms with Gasteiger partial charge in [-0.05, 0) is 44.5 Å². The molecule has 3 heterocycles. The number of aromatic nitrogens is 3. The maximum absolute atomic E-state index is 15.5. The van der Waals surface area contributed by atoms with Gasteiger partial charge < -0.3 is 5.32 Å². The number of anilines is 1. The molecular formula is C27H27FN6O3S. The molecule has 1 aliphatic heterocycles. The minimum Gasteiger partial charge on any atom is -0.316 e. The number of rotatable bonds is 8. The SMILES string of the molecule is CNC1CCN(S(=O)(=O)Nc2cccc(C(=O)C3=CCc4ncc(-c5cnc(C6CC6)nc5)cc43)c2F)C1. The lowest BCUT2D eigenvalue weighted by atomic mass is 9.97. The first kappa shape index (κ1) is 24.8. The predicted molar refractivity (Wildman–Crippen MR) is 141 cm³/mol. The molecule has 1 saturated heterocycles. The van der Waals surface area contributed by atoms with Gasteiger partial charge in [0.2, 0.25) is 0 Å². The molecule has 2 aromatic heterocycles. The molecule has 2 N–H and O–H groups in total. The van der Waals surface area contributed by atoms with E-state index in [1.54, 1.807) is 31.7 Å². The van der Waals surface area contributed by atoms with Gasteiger partial charge in [0, 0.05) is 72.3 Å². The number of carbonyl (C=O) groups excluding carboxylic acids is 1. The minimum atomic E-state index is -3.97. The number of pyridine rings is 1. The quantitative estimate of drug-likeness (QED) is 0.426. The van der Waals surface area contributed by atoms with E-state index in [-0.39, 0.29) is 17.3 Å². The Bertz CT molecular complexity index is 1550. The number of halogens is 1. The van der Waals surface area contributed by atoms with E-state index in [0.29, 0.717) is 43.0 Å². The van der Waals surface area contributed by atoms with Gasteiger partial charge in [0.25, 0.3) is 0 Å². The average molecular weight is 535 g/mol. The summed E-state index contributed by atoms with van der Waals surface area (Å²) in [5.74, 6) is -0.146. The topological polar surface area (TPSA) is 117 Å². The van der Waals surface area contributed by atoms with Crippen molar-refractivity contribution in [3.8, 4) is 11.1 Å². The van der Waals surface area contributed by atoms with Crippen LogP contribution >= 0.6 is 0 Å². The van der Waals surface area contributed by atoms with Crippen molar-refractivity contribution in [1.82, 2.24) is 24.6 Å². The fourth-order valence-corrected chi connectivity index (χ4v) is 6.21. The molecule has 1 atom stereocenters. The van der Waals surface area contributed by atoms with Crippen LogP contribution in [0.4, 0.5) is 10.1 Å². The number of Topliss-reactive ketones (excluding diaryl/α,β-unsaturated/α-hetero) is 1. The summed E-state index contributed by atoms with van der Waals surface area (Å²) in [6.07, 6.45) is 10.3. The van der Waals surface area contributed by atoms with Crippen molar-refractivity contribution in [2.24, 2.45) is 0 Å². The van der Waals surface area contributed by atoms with Crippen LogP contribution in [0.5, 0.6) is 0 Å². The van der Waals surface area contributed by atoms with Gasteiger partial charge in [-0.25, -0.2) is 14.4 Å². The van der Waals surface area contributed by atoms with Crippen LogP contribution in [0.25, 0.3) is 16.7 Å². The number of benzene rings is 1. The molecule has 2 aliphatic carbocycles. The van der Waals surface area contributed by atoms with Gasteiger partial charge in [-0.15, -0.1) is 0 Å². The van der Waals surface area contributed by atoms with E-state index < -0.39 is 21.8 Å². The fourth-order valence-electron chi connectivity index (χ4n) is 4.93. The number of likely N-dealkylation sites (N-methyl/N-ethyl adjacent to an activating group) is 1. The molecule has 38 heavy (non-hydrogen) atoms. The lowest BCUT2D eigenvalue weighted by Crippen LogP contribution is -2.37. The molecule has 0 radical (unpaired) electrons. The molecule has 1 saturated carbocycles. The van der Waals surface area contributed by atoms with Crippen LogP contribution in [0.1, 0.15) is 52.6 Å². The molecule has 0 amide bonds. The van der Waals surface area contributed by atoms with E-state index in [1.807, 2.05) is 6.07 Å². The standard InChI is InChI=1S/C27H27FN6O3S/c1-29-19-9-10-34(15-19)38(36,37)33-24-4-2-3-21(25(24)28)26(35)20-7-8-23-22(20)11-17(12-30-23)18-13-31-27(32-14-18)16-5-6-16/h2-4,7,11-14,16,19,29,33H,5-6,8-10,15H2,1H3. The van der Waals surface area contributed by atoms with Crippen molar-refractivity contribution in [2.45, 2.75) is 37.6 Å². The summed E-state index contributed by atoms with van der Waals surface area (Å²) in [6.45, 7) is 0.619. The molecule has 196 valence electrons. The highest BCUT2D eigenvalue weighted by Crippen LogP contribution is 2.38. The first-order valence-electron chi connectivity index (χ1n) is 12.6. The highest BCUT2D eigenvalue weighted by Gasteiger charge is 2.32. The number of hydrogen-bond donors (Lipinski definition) is 2. The summed E-state index contributed by atoms with van der Waals surface area (Å²) >= 11 is 0. The predicted octanol–water partition coefficient (Wildman–Crippen LogP) is 3.33. The number of nitrogens with zero attached hydrogens (tertiary/aromatic N) is 4. The van der Waals surface area contributed by atoms with Crippen LogP contribution in [0.3, 0.4) is 0 Å². The second-order valence-electron chi connectivity index (χ2n) is 9.88. The first-order valence-corrected chi connectivity index (χ1v) is 14.1. The van der Waals surface area contributed by atoms with Crippen molar-refractivity contribution >= 4 is 27.3 Å². The normalized spacial score (nSPS) is 19.3. The monoisotopic (exact) mass is 534 g/mol. The van der Waals surface area contributed by atoms with Crippen molar-refractivity contribution in [3.05, 3.63) is 77.4 Å². The van der Waals surface area contributed by atoms with Crippen molar-refractivity contribution in [2.75, 3.05) is 24.9 Å². The Morgan fingerprint density at radius 3 is 2.55 bits per heavy atom. The van der Waals surface area contributed by atoms with Crippen molar-refractivity contribution < 1.29 is 17.6 Å². The summed E-state index contributed by atoms with van der Waals surface area (Å²) in [6, 6.07) is 6.04. The van der Waals surface area contributed by atoms with Crippen LogP contribution in [0.2, 0.25) is 0 Å². The Balaban J connectivity index is 1.25. The van der Waals surface area contributed by atoms with Gasteiger partial charge in [-0.1, -0.05) is 12.1 Å². The Morgan fingerprint density at radius 2 is 1.84 bits per heavy atom. The molecule has 2 fully saturated rings. The van der Waals surface area contributed by atoms with Crippen LogP contribution < -0.4 is 10.0 Å².